The van der Waals surface area contributed by atoms with E-state index in [9.17, 15) is 19.8 Å². The average molecular weight is 474 g/mol. The number of carbonyl (C=O) groups excluding carboxylic acids is 1. The molecule has 0 aliphatic heterocycles. The van der Waals surface area contributed by atoms with Gasteiger partial charge in [0.15, 0.2) is 0 Å². The molecule has 0 unspecified atom stereocenters. The molecule has 1 aliphatic carbocycles. The van der Waals surface area contributed by atoms with Gasteiger partial charge in [0.1, 0.15) is 0 Å². The van der Waals surface area contributed by atoms with Gasteiger partial charge in [-0.15, -0.1) is 5.92 Å². The fraction of sp³-hybridized carbons (Fsp3) is 0.393. The highest BCUT2D eigenvalue weighted by molar-refractivity contribution is 6.07. The van der Waals surface area contributed by atoms with E-state index in [1.54, 1.807) is 33.0 Å². The summed E-state index contributed by atoms with van der Waals surface area (Å²) in [7, 11) is 0. The predicted molar refractivity (Wildman–Crippen MR) is 134 cm³/mol. The molecule has 0 spiro atoms. The monoisotopic (exact) mass is 473 g/mol. The van der Waals surface area contributed by atoms with Gasteiger partial charge in [-0.1, -0.05) is 30.2 Å². The van der Waals surface area contributed by atoms with Gasteiger partial charge in [-0.25, -0.2) is 0 Å². The molecule has 1 heterocycles. The van der Waals surface area contributed by atoms with Crippen molar-refractivity contribution >= 4 is 22.8 Å². The highest BCUT2D eigenvalue weighted by Crippen LogP contribution is 2.27. The van der Waals surface area contributed by atoms with Crippen molar-refractivity contribution in [1.29, 1.82) is 0 Å². The summed E-state index contributed by atoms with van der Waals surface area (Å²) < 4.78 is 1.81. The lowest BCUT2D eigenvalue weighted by atomic mass is 9.86. The minimum absolute atomic E-state index is 0.0472. The van der Waals surface area contributed by atoms with Gasteiger partial charge in [0.2, 0.25) is 0 Å². The van der Waals surface area contributed by atoms with Gasteiger partial charge < -0.3 is 15.5 Å². The first-order valence-electron chi connectivity index (χ1n) is 11.9. The minimum Gasteiger partial charge on any atom is -0.481 e. The molecule has 3 N–H and O–H groups in total. The zero-order chi connectivity index (χ0) is 25.2. The summed E-state index contributed by atoms with van der Waals surface area (Å²) in [6.45, 7) is 5.73. The van der Waals surface area contributed by atoms with E-state index in [0.717, 1.165) is 22.1 Å². The summed E-state index contributed by atoms with van der Waals surface area (Å²) >= 11 is 0. The second-order valence-corrected chi connectivity index (χ2v) is 9.72. The lowest BCUT2D eigenvalue weighted by Gasteiger charge is -2.27. The third-order valence-corrected chi connectivity index (χ3v) is 6.71. The molecule has 1 amide bonds. The van der Waals surface area contributed by atoms with E-state index in [1.807, 2.05) is 35.0 Å². The smallest absolute Gasteiger partial charge is 0.306 e. The molecule has 182 valence electrons. The van der Waals surface area contributed by atoms with Gasteiger partial charge >= 0.3 is 5.97 Å². The maximum Gasteiger partial charge on any atom is 0.306 e. The number of benzene rings is 2. The fourth-order valence-corrected chi connectivity index (χ4v) is 4.69. The van der Waals surface area contributed by atoms with E-state index in [4.69, 9.17) is 0 Å². The Morgan fingerprint density at radius 2 is 1.80 bits per heavy atom. The lowest BCUT2D eigenvalue weighted by Crippen LogP contribution is -2.38. The number of aromatic nitrogens is 2. The van der Waals surface area contributed by atoms with Crippen LogP contribution in [0.1, 0.15) is 73.5 Å². The Morgan fingerprint density at radius 3 is 2.40 bits per heavy atom. The third-order valence-electron chi connectivity index (χ3n) is 6.71. The number of aliphatic hydroxyl groups is 1. The molecule has 1 saturated carbocycles. The molecule has 2 aromatic carbocycles. The molecule has 0 bridgehead atoms. The number of fused-ring (bicyclic) bond motifs is 1. The van der Waals surface area contributed by atoms with Crippen LogP contribution >= 0.6 is 0 Å². The van der Waals surface area contributed by atoms with E-state index in [2.05, 4.69) is 22.3 Å². The highest BCUT2D eigenvalue weighted by atomic mass is 16.4. The Balaban J connectivity index is 1.63. The number of nitrogens with one attached hydrogen (secondary N) is 1. The van der Waals surface area contributed by atoms with Gasteiger partial charge in [-0.3, -0.25) is 14.3 Å². The van der Waals surface area contributed by atoms with Crippen LogP contribution in [-0.4, -0.2) is 37.9 Å². The molecule has 3 aromatic rings. The van der Waals surface area contributed by atoms with Crippen LogP contribution in [0.3, 0.4) is 0 Å². The van der Waals surface area contributed by atoms with E-state index < -0.39 is 11.6 Å². The molecule has 7 heteroatoms. The van der Waals surface area contributed by atoms with Gasteiger partial charge in [0.05, 0.1) is 35.3 Å². The Hall–Kier alpha value is -3.63. The first-order valence-corrected chi connectivity index (χ1v) is 11.9. The quantitative estimate of drug-likeness (QED) is 0.469. The number of nitrogens with zero attached hydrogens (tertiary/aromatic N) is 2. The fourth-order valence-electron chi connectivity index (χ4n) is 4.69. The van der Waals surface area contributed by atoms with Crippen LogP contribution < -0.4 is 5.32 Å². The third kappa shape index (κ3) is 5.39. The number of carboxylic acids is 1. The van der Waals surface area contributed by atoms with E-state index in [1.165, 1.54) is 0 Å². The Bertz CT molecular complexity index is 1300. The Morgan fingerprint density at radius 1 is 1.11 bits per heavy atom. The highest BCUT2D eigenvalue weighted by Gasteiger charge is 2.28. The summed E-state index contributed by atoms with van der Waals surface area (Å²) in [6.07, 6.45) is 4.18. The number of aliphatic carboxylic acids is 1. The predicted octanol–water partition coefficient (Wildman–Crippen LogP) is 4.06. The Labute approximate surface area is 205 Å². The number of carbonyl (C=O) groups is 2. The van der Waals surface area contributed by atoms with E-state index in [0.29, 0.717) is 43.3 Å². The summed E-state index contributed by atoms with van der Waals surface area (Å²) in [5.41, 5.74) is 2.95. The van der Waals surface area contributed by atoms with Crippen molar-refractivity contribution in [3.05, 3.63) is 64.8 Å². The number of hydrogen-bond donors (Lipinski definition) is 3. The molecule has 0 radical (unpaired) electrons. The first-order chi connectivity index (χ1) is 16.7. The molecular weight excluding hydrogens is 442 g/mol. The normalized spacial score (nSPS) is 18.1. The van der Waals surface area contributed by atoms with E-state index in [-0.39, 0.29) is 17.9 Å². The zero-order valence-corrected chi connectivity index (χ0v) is 20.3. The van der Waals surface area contributed by atoms with Crippen LogP contribution in [0.25, 0.3) is 10.9 Å². The lowest BCUT2D eigenvalue weighted by molar-refractivity contribution is -0.142. The van der Waals surface area contributed by atoms with Gasteiger partial charge in [0.25, 0.3) is 5.91 Å². The van der Waals surface area contributed by atoms with Crippen molar-refractivity contribution in [1.82, 2.24) is 15.1 Å². The van der Waals surface area contributed by atoms with Crippen molar-refractivity contribution in [2.45, 2.75) is 64.6 Å². The molecule has 1 aliphatic rings. The number of carboxylic acid groups (broad SMARTS) is 1. The Kier molecular flexibility index (Phi) is 6.95. The van der Waals surface area contributed by atoms with Crippen molar-refractivity contribution in [2.75, 3.05) is 0 Å². The average Bonchev–Trinajstić information content (AvgIpc) is 3.23. The standard InChI is InChI=1S/C28H31N3O4/c1-4-5-19-10-15-23(26(32)30-22-13-8-20(9-14-22)27(33)34)25-24(19)16-29-31(25)17-18-6-11-21(12-7-18)28(2,3)35/h6-7,10-12,15-16,20,22,35H,8-9,13-14,17H2,1-3H3,(H,30,32)(H,33,34). The van der Waals surface area contributed by atoms with Crippen molar-refractivity contribution in [2.24, 2.45) is 5.92 Å². The van der Waals surface area contributed by atoms with Gasteiger partial charge in [-0.05, 0) is 69.7 Å². The van der Waals surface area contributed by atoms with Crippen molar-refractivity contribution < 1.29 is 19.8 Å². The summed E-state index contributed by atoms with van der Waals surface area (Å²) in [5, 5.41) is 28.0. The molecule has 7 nitrogen and oxygen atoms in total. The SMILES string of the molecule is CC#Cc1ccc(C(=O)NC2CCC(C(=O)O)CC2)c2c1cnn2Cc1ccc(C(C)(C)O)cc1. The molecule has 4 rings (SSSR count). The van der Waals surface area contributed by atoms with Crippen LogP contribution in [0.4, 0.5) is 0 Å². The molecule has 0 atom stereocenters. The minimum atomic E-state index is -0.917. The van der Waals surface area contributed by atoms with Gasteiger partial charge in [-0.2, -0.15) is 5.10 Å². The summed E-state index contributed by atoms with van der Waals surface area (Å²) in [6, 6.07) is 11.3. The first kappa shape index (κ1) is 24.5. The van der Waals surface area contributed by atoms with Crippen molar-refractivity contribution in [3.8, 4) is 11.8 Å². The zero-order valence-electron chi connectivity index (χ0n) is 20.3. The maximum atomic E-state index is 13.3. The molecule has 1 aromatic heterocycles. The van der Waals surface area contributed by atoms with Crippen molar-refractivity contribution in [3.63, 3.8) is 0 Å². The number of hydrogen-bond acceptors (Lipinski definition) is 4. The summed E-state index contributed by atoms with van der Waals surface area (Å²) in [4.78, 5) is 24.6. The summed E-state index contributed by atoms with van der Waals surface area (Å²) in [5.74, 6) is 4.74. The number of rotatable bonds is 6. The topological polar surface area (TPSA) is 104 Å². The molecule has 1 fully saturated rings. The molecule has 35 heavy (non-hydrogen) atoms. The van der Waals surface area contributed by atoms with Crippen LogP contribution in [0.2, 0.25) is 0 Å². The largest absolute Gasteiger partial charge is 0.481 e. The number of amides is 1. The van der Waals surface area contributed by atoms with Gasteiger partial charge in [0, 0.05) is 17.0 Å². The maximum absolute atomic E-state index is 13.3. The van der Waals surface area contributed by atoms with Crippen LogP contribution in [0, 0.1) is 17.8 Å². The van der Waals surface area contributed by atoms with Crippen LogP contribution in [-0.2, 0) is 16.9 Å². The molecule has 0 saturated heterocycles. The van der Waals surface area contributed by atoms with Crippen LogP contribution in [0.5, 0.6) is 0 Å². The van der Waals surface area contributed by atoms with E-state index >= 15 is 0 Å². The second-order valence-electron chi connectivity index (χ2n) is 9.72. The second kappa shape index (κ2) is 9.93. The van der Waals surface area contributed by atoms with Crippen LogP contribution in [0.15, 0.2) is 42.6 Å². The molecular formula is C28H31N3O4.